The zero-order valence-electron chi connectivity index (χ0n) is 21.2. The Morgan fingerprint density at radius 2 is 0.692 bits per heavy atom. The van der Waals surface area contributed by atoms with Crippen molar-refractivity contribution < 1.29 is 9.47 Å². The van der Waals surface area contributed by atoms with Crippen molar-refractivity contribution in [1.82, 2.24) is 0 Å². The first kappa shape index (κ1) is 22.9. The fraction of sp³-hybridized carbons (Fsp3) is 0. The van der Waals surface area contributed by atoms with Gasteiger partial charge >= 0.3 is 0 Å². The van der Waals surface area contributed by atoms with E-state index < -0.39 is 0 Å². The standard InChI is InChI=1S/C36H25NO2/c1-3-9-26(10-4-1)28-15-19-30(20-16-28)37(31-21-17-29(18-22-31)27-11-5-2-6-12-27)32-23-24-35-36(25-32)39-34-14-8-7-13-33(34)38-35/h1-25H. The van der Waals surface area contributed by atoms with E-state index in [1.165, 1.54) is 22.3 Å². The molecule has 0 N–H and O–H groups in total. The van der Waals surface area contributed by atoms with E-state index in [0.717, 1.165) is 22.8 Å². The molecule has 0 radical (unpaired) electrons. The number of benzene rings is 6. The van der Waals surface area contributed by atoms with Crippen LogP contribution in [-0.2, 0) is 0 Å². The molecule has 186 valence electrons. The minimum Gasteiger partial charge on any atom is -0.450 e. The molecular formula is C36H25NO2. The summed E-state index contributed by atoms with van der Waals surface area (Å²) in [6, 6.07) is 52.1. The molecule has 0 saturated carbocycles. The molecule has 3 heteroatoms. The molecule has 1 heterocycles. The molecule has 0 saturated heterocycles. The summed E-state index contributed by atoms with van der Waals surface area (Å²) in [5, 5.41) is 0. The van der Waals surface area contributed by atoms with Crippen molar-refractivity contribution >= 4 is 17.1 Å². The fourth-order valence-electron chi connectivity index (χ4n) is 4.97. The third-order valence-corrected chi connectivity index (χ3v) is 6.94. The maximum absolute atomic E-state index is 6.24. The highest BCUT2D eigenvalue weighted by Crippen LogP contribution is 2.48. The highest BCUT2D eigenvalue weighted by Gasteiger charge is 2.21. The van der Waals surface area contributed by atoms with E-state index in [1.54, 1.807) is 0 Å². The number of hydrogen-bond acceptors (Lipinski definition) is 3. The van der Waals surface area contributed by atoms with Gasteiger partial charge in [0.2, 0.25) is 0 Å². The highest BCUT2D eigenvalue weighted by atomic mass is 16.6. The van der Waals surface area contributed by atoms with Gasteiger partial charge in [-0.25, -0.2) is 0 Å². The van der Waals surface area contributed by atoms with Gasteiger partial charge in [-0.1, -0.05) is 97.1 Å². The van der Waals surface area contributed by atoms with Gasteiger partial charge in [-0.05, 0) is 70.8 Å². The van der Waals surface area contributed by atoms with E-state index >= 15 is 0 Å². The lowest BCUT2D eigenvalue weighted by Gasteiger charge is -2.28. The van der Waals surface area contributed by atoms with Crippen molar-refractivity contribution in [3.63, 3.8) is 0 Å². The van der Waals surface area contributed by atoms with Crippen LogP contribution in [0.5, 0.6) is 23.0 Å². The normalized spacial score (nSPS) is 11.5. The molecule has 6 aromatic rings. The van der Waals surface area contributed by atoms with Crippen LogP contribution >= 0.6 is 0 Å². The lowest BCUT2D eigenvalue weighted by atomic mass is 10.0. The molecule has 0 aliphatic carbocycles. The van der Waals surface area contributed by atoms with Gasteiger partial charge in [0.25, 0.3) is 0 Å². The molecule has 1 aliphatic rings. The summed E-state index contributed by atoms with van der Waals surface area (Å²) in [7, 11) is 0. The van der Waals surface area contributed by atoms with Crippen molar-refractivity contribution in [1.29, 1.82) is 0 Å². The summed E-state index contributed by atoms with van der Waals surface area (Å²) in [6.45, 7) is 0. The van der Waals surface area contributed by atoms with E-state index in [-0.39, 0.29) is 0 Å². The molecule has 1 aliphatic heterocycles. The van der Waals surface area contributed by atoms with E-state index in [1.807, 2.05) is 48.5 Å². The molecule has 0 bridgehead atoms. The molecule has 7 rings (SSSR count). The van der Waals surface area contributed by atoms with Crippen molar-refractivity contribution in [3.8, 4) is 45.3 Å². The second kappa shape index (κ2) is 9.88. The number of nitrogens with zero attached hydrogens (tertiary/aromatic N) is 1. The van der Waals surface area contributed by atoms with Gasteiger partial charge in [0.1, 0.15) is 0 Å². The quantitative estimate of drug-likeness (QED) is 0.233. The molecule has 0 unspecified atom stereocenters. The summed E-state index contributed by atoms with van der Waals surface area (Å²) in [5.74, 6) is 2.84. The van der Waals surface area contributed by atoms with E-state index in [0.29, 0.717) is 17.2 Å². The topological polar surface area (TPSA) is 21.7 Å². The molecule has 0 spiro atoms. The molecule has 0 atom stereocenters. The third kappa shape index (κ3) is 4.51. The summed E-state index contributed by atoms with van der Waals surface area (Å²) in [4.78, 5) is 2.24. The van der Waals surface area contributed by atoms with Crippen LogP contribution in [0.2, 0.25) is 0 Å². The fourth-order valence-corrected chi connectivity index (χ4v) is 4.97. The van der Waals surface area contributed by atoms with Crippen LogP contribution in [0.15, 0.2) is 152 Å². The van der Waals surface area contributed by atoms with Crippen LogP contribution in [0.1, 0.15) is 0 Å². The average molecular weight is 504 g/mol. The van der Waals surface area contributed by atoms with Gasteiger partial charge in [0.05, 0.1) is 5.69 Å². The highest BCUT2D eigenvalue weighted by molar-refractivity contribution is 5.81. The first-order valence-corrected chi connectivity index (χ1v) is 13.0. The van der Waals surface area contributed by atoms with E-state index in [2.05, 4.69) is 108 Å². The van der Waals surface area contributed by atoms with Crippen LogP contribution in [0.25, 0.3) is 22.3 Å². The average Bonchev–Trinajstić information content (AvgIpc) is 3.02. The molecule has 0 aromatic heterocycles. The first-order valence-electron chi connectivity index (χ1n) is 13.0. The second-order valence-corrected chi connectivity index (χ2v) is 9.44. The Balaban J connectivity index is 1.29. The zero-order chi connectivity index (χ0) is 26.0. The number of anilines is 3. The Hall–Kier alpha value is -5.28. The van der Waals surface area contributed by atoms with Gasteiger partial charge in [-0.3, -0.25) is 0 Å². The Labute approximate surface area is 228 Å². The van der Waals surface area contributed by atoms with Gasteiger partial charge in [-0.15, -0.1) is 0 Å². The van der Waals surface area contributed by atoms with Gasteiger partial charge in [0, 0.05) is 17.4 Å². The minimum atomic E-state index is 0.693. The first-order chi connectivity index (χ1) is 19.3. The summed E-state index contributed by atoms with van der Waals surface area (Å²) in [5.41, 5.74) is 7.84. The maximum Gasteiger partial charge on any atom is 0.172 e. The van der Waals surface area contributed by atoms with Crippen molar-refractivity contribution in [2.24, 2.45) is 0 Å². The Morgan fingerprint density at radius 1 is 0.308 bits per heavy atom. The van der Waals surface area contributed by atoms with Crippen LogP contribution in [0, 0.1) is 0 Å². The largest absolute Gasteiger partial charge is 0.450 e. The van der Waals surface area contributed by atoms with Crippen LogP contribution in [0.4, 0.5) is 17.1 Å². The number of ether oxygens (including phenoxy) is 2. The third-order valence-electron chi connectivity index (χ3n) is 6.94. The lowest BCUT2D eigenvalue weighted by molar-refractivity contribution is 0.360. The smallest absolute Gasteiger partial charge is 0.172 e. The molecule has 3 nitrogen and oxygen atoms in total. The Kier molecular flexibility index (Phi) is 5.80. The lowest BCUT2D eigenvalue weighted by Crippen LogP contribution is -2.10. The predicted molar refractivity (Wildman–Crippen MR) is 159 cm³/mol. The van der Waals surface area contributed by atoms with Crippen molar-refractivity contribution in [2.45, 2.75) is 0 Å². The second-order valence-electron chi connectivity index (χ2n) is 9.44. The summed E-state index contributed by atoms with van der Waals surface area (Å²) < 4.78 is 12.4. The molecule has 39 heavy (non-hydrogen) atoms. The van der Waals surface area contributed by atoms with Crippen LogP contribution < -0.4 is 14.4 Å². The molecule has 6 aromatic carbocycles. The SMILES string of the molecule is c1ccc(-c2ccc(N(c3ccc(-c4ccccc4)cc3)c3ccc4c(c3)Oc3ccccc3O4)cc2)cc1. The van der Waals surface area contributed by atoms with E-state index in [9.17, 15) is 0 Å². The van der Waals surface area contributed by atoms with Gasteiger partial charge < -0.3 is 14.4 Å². The number of para-hydroxylation sites is 2. The number of hydrogen-bond donors (Lipinski definition) is 0. The molecule has 0 amide bonds. The maximum atomic E-state index is 6.24. The minimum absolute atomic E-state index is 0.693. The zero-order valence-corrected chi connectivity index (χ0v) is 21.2. The number of rotatable bonds is 5. The Bertz CT molecular complexity index is 1650. The monoisotopic (exact) mass is 503 g/mol. The van der Waals surface area contributed by atoms with Crippen LogP contribution in [0.3, 0.4) is 0 Å². The summed E-state index contributed by atoms with van der Waals surface area (Å²) >= 11 is 0. The van der Waals surface area contributed by atoms with Crippen LogP contribution in [-0.4, -0.2) is 0 Å². The van der Waals surface area contributed by atoms with E-state index in [4.69, 9.17) is 9.47 Å². The summed E-state index contributed by atoms with van der Waals surface area (Å²) in [6.07, 6.45) is 0. The van der Waals surface area contributed by atoms with Gasteiger partial charge in [-0.2, -0.15) is 0 Å². The van der Waals surface area contributed by atoms with Gasteiger partial charge in [0.15, 0.2) is 23.0 Å². The molecule has 0 fully saturated rings. The molecular weight excluding hydrogens is 478 g/mol. The van der Waals surface area contributed by atoms with Crippen molar-refractivity contribution in [2.75, 3.05) is 4.90 Å². The van der Waals surface area contributed by atoms with Crippen molar-refractivity contribution in [3.05, 3.63) is 152 Å². The predicted octanol–water partition coefficient (Wildman–Crippen LogP) is 10.4. The Morgan fingerprint density at radius 3 is 1.21 bits per heavy atom. The number of fused-ring (bicyclic) bond motifs is 2.